The smallest absolute Gasteiger partial charge is 0.355 e. The van der Waals surface area contributed by atoms with Gasteiger partial charge in [0.15, 0.2) is 0 Å². The molecule has 2 atom stereocenters. The van der Waals surface area contributed by atoms with Crippen LogP contribution in [0.3, 0.4) is 0 Å². The third-order valence-electron chi connectivity index (χ3n) is 6.86. The molecule has 188 valence electrons. The van der Waals surface area contributed by atoms with Crippen molar-refractivity contribution < 1.29 is 23.9 Å². The topological polar surface area (TPSA) is 84.9 Å². The number of hydrogen-bond acceptors (Lipinski definition) is 6. The molecule has 1 spiro atoms. The summed E-state index contributed by atoms with van der Waals surface area (Å²) in [6.45, 7) is 3.88. The second-order valence-corrected chi connectivity index (χ2v) is 8.90. The van der Waals surface area contributed by atoms with Gasteiger partial charge in [0.05, 0.1) is 24.8 Å². The lowest BCUT2D eigenvalue weighted by atomic mass is 9.69. The van der Waals surface area contributed by atoms with Gasteiger partial charge >= 0.3 is 11.9 Å². The molecule has 0 fully saturated rings. The van der Waals surface area contributed by atoms with Crippen LogP contribution < -0.4 is 5.32 Å². The molecule has 0 radical (unpaired) electrons. The zero-order valence-corrected chi connectivity index (χ0v) is 20.8. The number of nitrogens with one attached hydrogen (secondary N) is 1. The molecular formula is C30H28N2O5. The van der Waals surface area contributed by atoms with E-state index in [1.807, 2.05) is 83.8 Å². The Bertz CT molecular complexity index is 1370. The lowest BCUT2D eigenvalue weighted by Gasteiger charge is -2.37. The van der Waals surface area contributed by atoms with Gasteiger partial charge in [0, 0.05) is 12.2 Å². The van der Waals surface area contributed by atoms with Crippen LogP contribution in [0.1, 0.15) is 36.6 Å². The summed E-state index contributed by atoms with van der Waals surface area (Å²) in [5.74, 6) is -1.77. The van der Waals surface area contributed by atoms with Crippen molar-refractivity contribution >= 4 is 23.5 Å². The van der Waals surface area contributed by atoms with Crippen molar-refractivity contribution in [3.63, 3.8) is 0 Å². The van der Waals surface area contributed by atoms with Crippen LogP contribution in [0, 0.1) is 0 Å². The number of carbonyl (C=O) groups is 3. The van der Waals surface area contributed by atoms with E-state index in [4.69, 9.17) is 9.47 Å². The fourth-order valence-electron chi connectivity index (χ4n) is 5.52. The van der Waals surface area contributed by atoms with E-state index in [9.17, 15) is 14.4 Å². The molecule has 0 aliphatic carbocycles. The number of benzene rings is 3. The second kappa shape index (κ2) is 9.93. The quantitative estimate of drug-likeness (QED) is 0.485. The maximum Gasteiger partial charge on any atom is 0.355 e. The molecule has 2 unspecified atom stereocenters. The molecule has 2 aliphatic heterocycles. The van der Waals surface area contributed by atoms with Crippen LogP contribution in [0.5, 0.6) is 0 Å². The van der Waals surface area contributed by atoms with Gasteiger partial charge in [-0.3, -0.25) is 4.79 Å². The van der Waals surface area contributed by atoms with Gasteiger partial charge in [-0.05, 0) is 36.6 Å². The maximum atomic E-state index is 14.2. The predicted octanol–water partition coefficient (Wildman–Crippen LogP) is 4.51. The van der Waals surface area contributed by atoms with E-state index < -0.39 is 23.4 Å². The van der Waals surface area contributed by atoms with Crippen LogP contribution in [-0.4, -0.2) is 36.0 Å². The molecule has 3 aromatic carbocycles. The molecular weight excluding hydrogens is 468 g/mol. The Labute approximate surface area is 215 Å². The van der Waals surface area contributed by atoms with Gasteiger partial charge in [-0.25, -0.2) is 9.59 Å². The average Bonchev–Trinajstić information content (AvgIpc) is 3.37. The highest BCUT2D eigenvalue weighted by Gasteiger charge is 2.66. The molecule has 2 heterocycles. The molecule has 1 amide bonds. The van der Waals surface area contributed by atoms with Gasteiger partial charge in [-0.1, -0.05) is 78.9 Å². The summed E-state index contributed by atoms with van der Waals surface area (Å²) in [5.41, 5.74) is 1.43. The van der Waals surface area contributed by atoms with E-state index in [-0.39, 0.29) is 36.9 Å². The Kier molecular flexibility index (Phi) is 6.53. The summed E-state index contributed by atoms with van der Waals surface area (Å²) in [4.78, 5) is 43.4. The molecule has 0 saturated heterocycles. The summed E-state index contributed by atoms with van der Waals surface area (Å²) in [6.07, 6.45) is 0. The SMILES string of the molecule is CCOC(=O)C1=C(C(=O)OCC)C2(C(=O)Nc3ccccc32)C(c2ccccc2)N1Cc1ccccc1. The van der Waals surface area contributed by atoms with Gasteiger partial charge in [-0.15, -0.1) is 0 Å². The van der Waals surface area contributed by atoms with Gasteiger partial charge in [-0.2, -0.15) is 0 Å². The Morgan fingerprint density at radius 1 is 0.838 bits per heavy atom. The minimum absolute atomic E-state index is 0.0000317. The molecule has 0 bridgehead atoms. The van der Waals surface area contributed by atoms with E-state index >= 15 is 0 Å². The minimum atomic E-state index is -1.53. The van der Waals surface area contributed by atoms with Crippen molar-refractivity contribution in [3.05, 3.63) is 113 Å². The number of carbonyl (C=O) groups excluding carboxylic acids is 3. The first-order valence-corrected chi connectivity index (χ1v) is 12.4. The summed E-state index contributed by atoms with van der Waals surface area (Å²) in [6, 6.07) is 25.7. The number of anilines is 1. The summed E-state index contributed by atoms with van der Waals surface area (Å²) in [7, 11) is 0. The van der Waals surface area contributed by atoms with Crippen molar-refractivity contribution in [1.82, 2.24) is 4.90 Å². The number of para-hydroxylation sites is 1. The summed E-state index contributed by atoms with van der Waals surface area (Å²) >= 11 is 0. The fourth-order valence-corrected chi connectivity index (χ4v) is 5.52. The zero-order valence-electron chi connectivity index (χ0n) is 20.8. The third kappa shape index (κ3) is 3.87. The summed E-state index contributed by atoms with van der Waals surface area (Å²) < 4.78 is 11.0. The molecule has 7 heteroatoms. The van der Waals surface area contributed by atoms with Gasteiger partial charge in [0.1, 0.15) is 11.1 Å². The minimum Gasteiger partial charge on any atom is -0.463 e. The van der Waals surface area contributed by atoms with Gasteiger partial charge < -0.3 is 19.7 Å². The van der Waals surface area contributed by atoms with Crippen molar-refractivity contribution in [3.8, 4) is 0 Å². The monoisotopic (exact) mass is 496 g/mol. The van der Waals surface area contributed by atoms with Crippen LogP contribution in [0.25, 0.3) is 0 Å². The lowest BCUT2D eigenvalue weighted by Crippen LogP contribution is -2.45. The highest BCUT2D eigenvalue weighted by atomic mass is 16.5. The molecule has 5 rings (SSSR count). The fraction of sp³-hybridized carbons (Fsp3) is 0.233. The van der Waals surface area contributed by atoms with E-state index in [0.29, 0.717) is 11.3 Å². The number of esters is 2. The number of ether oxygens (including phenoxy) is 2. The van der Waals surface area contributed by atoms with Crippen molar-refractivity contribution in [2.24, 2.45) is 0 Å². The van der Waals surface area contributed by atoms with E-state index in [0.717, 1.165) is 11.1 Å². The molecule has 7 nitrogen and oxygen atoms in total. The number of hydrogen-bond donors (Lipinski definition) is 1. The first-order valence-electron chi connectivity index (χ1n) is 12.4. The Balaban J connectivity index is 1.87. The van der Waals surface area contributed by atoms with E-state index in [2.05, 4.69) is 5.32 Å². The zero-order chi connectivity index (χ0) is 26.0. The maximum absolute atomic E-state index is 14.2. The first kappa shape index (κ1) is 24.3. The third-order valence-corrected chi connectivity index (χ3v) is 6.86. The standard InChI is InChI=1S/C30H28N2O5/c1-3-36-27(33)24-25(28(34)37-4-2)32(19-20-13-7-5-8-14-20)26(21-15-9-6-10-16-21)30(24)22-17-11-12-18-23(22)31-29(30)35/h5-18,26H,3-4,19H2,1-2H3,(H,31,35). The molecule has 3 aromatic rings. The van der Waals surface area contributed by atoms with Gasteiger partial charge in [0.2, 0.25) is 5.91 Å². The Morgan fingerprint density at radius 3 is 2.11 bits per heavy atom. The van der Waals surface area contributed by atoms with Crippen molar-refractivity contribution in [2.75, 3.05) is 18.5 Å². The number of rotatable bonds is 7. The normalized spacial score (nSPS) is 20.1. The lowest BCUT2D eigenvalue weighted by molar-refractivity contribution is -0.143. The van der Waals surface area contributed by atoms with Crippen LogP contribution in [0.15, 0.2) is 96.2 Å². The molecule has 0 aromatic heterocycles. The first-order chi connectivity index (χ1) is 18.0. The van der Waals surface area contributed by atoms with E-state index in [1.165, 1.54) is 0 Å². The second-order valence-electron chi connectivity index (χ2n) is 8.90. The molecule has 2 aliphatic rings. The average molecular weight is 497 g/mol. The van der Waals surface area contributed by atoms with Crippen LogP contribution in [-0.2, 0) is 35.8 Å². The van der Waals surface area contributed by atoms with Crippen LogP contribution >= 0.6 is 0 Å². The highest BCUT2D eigenvalue weighted by Crippen LogP contribution is 2.59. The predicted molar refractivity (Wildman–Crippen MR) is 138 cm³/mol. The number of amides is 1. The highest BCUT2D eigenvalue weighted by molar-refractivity contribution is 6.18. The Hall–Kier alpha value is -4.39. The number of fused-ring (bicyclic) bond motifs is 2. The number of nitrogens with zero attached hydrogens (tertiary/aromatic N) is 1. The van der Waals surface area contributed by atoms with Crippen LogP contribution in [0.2, 0.25) is 0 Å². The molecule has 0 saturated carbocycles. The van der Waals surface area contributed by atoms with Crippen molar-refractivity contribution in [2.45, 2.75) is 31.8 Å². The van der Waals surface area contributed by atoms with Crippen molar-refractivity contribution in [1.29, 1.82) is 0 Å². The van der Waals surface area contributed by atoms with E-state index in [1.54, 1.807) is 19.9 Å². The summed E-state index contributed by atoms with van der Waals surface area (Å²) in [5, 5.41) is 2.97. The molecule has 37 heavy (non-hydrogen) atoms. The Morgan fingerprint density at radius 2 is 1.43 bits per heavy atom. The largest absolute Gasteiger partial charge is 0.463 e. The van der Waals surface area contributed by atoms with Gasteiger partial charge in [0.25, 0.3) is 0 Å². The van der Waals surface area contributed by atoms with Crippen LogP contribution in [0.4, 0.5) is 5.69 Å². The molecule has 1 N–H and O–H groups in total.